The molecule has 1 amide bonds. The average Bonchev–Trinajstić information content (AvgIpc) is 2.62. The molecule has 0 bridgehead atoms. The van der Waals surface area contributed by atoms with Crippen LogP contribution in [0.1, 0.15) is 13.8 Å². The predicted octanol–water partition coefficient (Wildman–Crippen LogP) is 3.61. The second-order valence-electron chi connectivity index (χ2n) is 5.36. The SMILES string of the molecule is CCN(CC)c1ccc(NCC(=O)N(C)c2ccccc2)cc1. The highest BCUT2D eigenvalue weighted by Gasteiger charge is 2.10. The molecule has 0 aliphatic carbocycles. The molecule has 0 saturated carbocycles. The first-order valence-corrected chi connectivity index (χ1v) is 8.06. The zero-order valence-electron chi connectivity index (χ0n) is 14.1. The van der Waals surface area contributed by atoms with E-state index in [-0.39, 0.29) is 12.5 Å². The van der Waals surface area contributed by atoms with Crippen LogP contribution >= 0.6 is 0 Å². The van der Waals surface area contributed by atoms with Crippen LogP contribution in [0.2, 0.25) is 0 Å². The quantitative estimate of drug-likeness (QED) is 0.848. The van der Waals surface area contributed by atoms with Crippen LogP contribution in [0.4, 0.5) is 17.1 Å². The largest absolute Gasteiger partial charge is 0.376 e. The van der Waals surface area contributed by atoms with Gasteiger partial charge in [-0.25, -0.2) is 0 Å². The molecule has 23 heavy (non-hydrogen) atoms. The van der Waals surface area contributed by atoms with Crippen LogP contribution in [0, 0.1) is 0 Å². The van der Waals surface area contributed by atoms with E-state index in [1.165, 1.54) is 5.69 Å². The topological polar surface area (TPSA) is 35.6 Å². The molecule has 0 aliphatic heterocycles. The zero-order chi connectivity index (χ0) is 16.7. The lowest BCUT2D eigenvalue weighted by atomic mass is 10.2. The molecule has 4 heteroatoms. The maximum absolute atomic E-state index is 12.2. The van der Waals surface area contributed by atoms with Crippen molar-refractivity contribution in [2.24, 2.45) is 0 Å². The standard InChI is InChI=1S/C19H25N3O/c1-4-22(5-2)18-13-11-16(12-14-18)20-15-19(23)21(3)17-9-7-6-8-10-17/h6-14,20H,4-5,15H2,1-3H3. The van der Waals surface area contributed by atoms with Crippen LogP contribution in [0.25, 0.3) is 0 Å². The van der Waals surface area contributed by atoms with Crippen molar-refractivity contribution in [3.05, 3.63) is 54.6 Å². The van der Waals surface area contributed by atoms with E-state index in [1.54, 1.807) is 11.9 Å². The lowest BCUT2D eigenvalue weighted by molar-refractivity contribution is -0.116. The molecule has 0 unspecified atom stereocenters. The molecule has 0 fully saturated rings. The van der Waals surface area contributed by atoms with Crippen LogP contribution in [-0.4, -0.2) is 32.6 Å². The molecule has 0 aromatic heterocycles. The summed E-state index contributed by atoms with van der Waals surface area (Å²) in [5, 5.41) is 3.19. The Bertz CT molecular complexity index is 606. The van der Waals surface area contributed by atoms with Crippen molar-refractivity contribution >= 4 is 23.0 Å². The Labute approximate surface area is 138 Å². The maximum atomic E-state index is 12.2. The maximum Gasteiger partial charge on any atom is 0.246 e. The molecular formula is C19H25N3O. The van der Waals surface area contributed by atoms with Gasteiger partial charge in [0.1, 0.15) is 0 Å². The van der Waals surface area contributed by atoms with Gasteiger partial charge in [-0.15, -0.1) is 0 Å². The number of carbonyl (C=O) groups excluding carboxylic acids is 1. The van der Waals surface area contributed by atoms with Crippen LogP contribution in [-0.2, 0) is 4.79 Å². The van der Waals surface area contributed by atoms with E-state index in [0.29, 0.717) is 0 Å². The van der Waals surface area contributed by atoms with E-state index in [1.807, 2.05) is 42.5 Å². The van der Waals surface area contributed by atoms with Gasteiger partial charge in [0.2, 0.25) is 5.91 Å². The fraction of sp³-hybridized carbons (Fsp3) is 0.316. The zero-order valence-corrected chi connectivity index (χ0v) is 14.1. The Kier molecular flexibility index (Phi) is 6.03. The summed E-state index contributed by atoms with van der Waals surface area (Å²) in [6, 6.07) is 17.9. The molecule has 0 radical (unpaired) electrons. The fourth-order valence-electron chi connectivity index (χ4n) is 2.47. The minimum absolute atomic E-state index is 0.0315. The molecule has 2 aromatic rings. The van der Waals surface area contributed by atoms with E-state index in [4.69, 9.17) is 0 Å². The minimum atomic E-state index is 0.0315. The number of benzene rings is 2. The number of likely N-dealkylation sites (N-methyl/N-ethyl adjacent to an activating group) is 1. The summed E-state index contributed by atoms with van der Waals surface area (Å²) < 4.78 is 0. The summed E-state index contributed by atoms with van der Waals surface area (Å²) in [5.74, 6) is 0.0315. The van der Waals surface area contributed by atoms with Gasteiger partial charge >= 0.3 is 0 Å². The van der Waals surface area contributed by atoms with E-state index in [9.17, 15) is 4.79 Å². The highest BCUT2D eigenvalue weighted by atomic mass is 16.2. The van der Waals surface area contributed by atoms with Crippen LogP contribution < -0.4 is 15.1 Å². The number of nitrogens with one attached hydrogen (secondary N) is 1. The first kappa shape index (κ1) is 16.9. The lowest BCUT2D eigenvalue weighted by Crippen LogP contribution is -2.32. The van der Waals surface area contributed by atoms with Crippen molar-refractivity contribution in [2.45, 2.75) is 13.8 Å². The van der Waals surface area contributed by atoms with Crippen molar-refractivity contribution in [3.63, 3.8) is 0 Å². The third-order valence-corrected chi connectivity index (χ3v) is 3.96. The second-order valence-corrected chi connectivity index (χ2v) is 5.36. The van der Waals surface area contributed by atoms with Gasteiger partial charge in [-0.3, -0.25) is 4.79 Å². The first-order chi connectivity index (χ1) is 11.2. The number of carbonyl (C=O) groups is 1. The van der Waals surface area contributed by atoms with Crippen molar-refractivity contribution < 1.29 is 4.79 Å². The fourth-order valence-corrected chi connectivity index (χ4v) is 2.47. The average molecular weight is 311 g/mol. The van der Waals surface area contributed by atoms with E-state index in [2.05, 4.69) is 36.2 Å². The third kappa shape index (κ3) is 4.49. The van der Waals surface area contributed by atoms with Crippen molar-refractivity contribution in [3.8, 4) is 0 Å². The monoisotopic (exact) mass is 311 g/mol. The van der Waals surface area contributed by atoms with Crippen LogP contribution in [0.3, 0.4) is 0 Å². The number of amides is 1. The first-order valence-electron chi connectivity index (χ1n) is 8.06. The van der Waals surface area contributed by atoms with Gasteiger partial charge in [-0.1, -0.05) is 18.2 Å². The van der Waals surface area contributed by atoms with Gasteiger partial charge in [0, 0.05) is 37.2 Å². The van der Waals surface area contributed by atoms with Gasteiger partial charge in [0.05, 0.1) is 6.54 Å². The lowest BCUT2D eigenvalue weighted by Gasteiger charge is -2.21. The van der Waals surface area contributed by atoms with Crippen LogP contribution in [0.15, 0.2) is 54.6 Å². The number of para-hydroxylation sites is 1. The molecule has 0 atom stereocenters. The Morgan fingerprint density at radius 3 is 2.09 bits per heavy atom. The predicted molar refractivity (Wildman–Crippen MR) is 98.3 cm³/mol. The normalized spacial score (nSPS) is 10.2. The van der Waals surface area contributed by atoms with E-state index >= 15 is 0 Å². The summed E-state index contributed by atoms with van der Waals surface area (Å²) >= 11 is 0. The summed E-state index contributed by atoms with van der Waals surface area (Å²) in [4.78, 5) is 16.2. The Morgan fingerprint density at radius 2 is 1.52 bits per heavy atom. The Hall–Kier alpha value is -2.49. The van der Waals surface area contributed by atoms with Gasteiger partial charge in [-0.05, 0) is 50.2 Å². The smallest absolute Gasteiger partial charge is 0.246 e. The molecule has 0 aliphatic rings. The summed E-state index contributed by atoms with van der Waals surface area (Å²) in [6.45, 7) is 6.55. The molecular weight excluding hydrogens is 286 g/mol. The molecule has 2 rings (SSSR count). The highest BCUT2D eigenvalue weighted by molar-refractivity contribution is 5.95. The van der Waals surface area contributed by atoms with Crippen molar-refractivity contribution in [1.29, 1.82) is 0 Å². The van der Waals surface area contributed by atoms with Gasteiger partial charge in [0.15, 0.2) is 0 Å². The second kappa shape index (κ2) is 8.22. The van der Waals surface area contributed by atoms with E-state index < -0.39 is 0 Å². The molecule has 2 aromatic carbocycles. The Morgan fingerprint density at radius 1 is 0.913 bits per heavy atom. The Balaban J connectivity index is 1.91. The summed E-state index contributed by atoms with van der Waals surface area (Å²) in [5.41, 5.74) is 3.06. The summed E-state index contributed by atoms with van der Waals surface area (Å²) in [6.07, 6.45) is 0. The van der Waals surface area contributed by atoms with Gasteiger partial charge in [0.25, 0.3) is 0 Å². The van der Waals surface area contributed by atoms with Crippen molar-refractivity contribution in [2.75, 3.05) is 41.8 Å². The molecule has 0 heterocycles. The van der Waals surface area contributed by atoms with Gasteiger partial charge in [-0.2, -0.15) is 0 Å². The molecule has 1 N–H and O–H groups in total. The van der Waals surface area contributed by atoms with Crippen molar-refractivity contribution in [1.82, 2.24) is 0 Å². The third-order valence-electron chi connectivity index (χ3n) is 3.96. The number of anilines is 3. The number of nitrogens with zero attached hydrogens (tertiary/aromatic N) is 2. The molecule has 0 spiro atoms. The van der Waals surface area contributed by atoms with Gasteiger partial charge < -0.3 is 15.1 Å². The minimum Gasteiger partial charge on any atom is -0.376 e. The molecule has 0 saturated heterocycles. The number of hydrogen-bond donors (Lipinski definition) is 1. The van der Waals surface area contributed by atoms with Crippen LogP contribution in [0.5, 0.6) is 0 Å². The highest BCUT2D eigenvalue weighted by Crippen LogP contribution is 2.18. The number of rotatable bonds is 7. The molecule has 122 valence electrons. The summed E-state index contributed by atoms with van der Waals surface area (Å²) in [7, 11) is 1.79. The molecule has 4 nitrogen and oxygen atoms in total. The number of hydrogen-bond acceptors (Lipinski definition) is 3. The van der Waals surface area contributed by atoms with E-state index in [0.717, 1.165) is 24.5 Å².